The van der Waals surface area contributed by atoms with Crippen LogP contribution in [0.4, 0.5) is 13.2 Å². The number of rotatable bonds is 5. The van der Waals surface area contributed by atoms with Gasteiger partial charge in [-0.1, -0.05) is 19.9 Å². The highest BCUT2D eigenvalue weighted by Crippen LogP contribution is 2.40. The van der Waals surface area contributed by atoms with E-state index in [-0.39, 0.29) is 11.7 Å². The Kier molecular flexibility index (Phi) is 5.28. The minimum atomic E-state index is -4.73. The van der Waals surface area contributed by atoms with E-state index in [1.54, 1.807) is 45.0 Å². The Morgan fingerprint density at radius 2 is 1.80 bits per heavy atom. The predicted molar refractivity (Wildman–Crippen MR) is 71.2 cm³/mol. The number of alkyl halides is 3. The first-order chi connectivity index (χ1) is 9.15. The first kappa shape index (κ1) is 16.6. The van der Waals surface area contributed by atoms with Crippen LogP contribution in [-0.2, 0) is 6.54 Å². The van der Waals surface area contributed by atoms with E-state index in [1.165, 1.54) is 7.11 Å². The van der Waals surface area contributed by atoms with E-state index in [2.05, 4.69) is 4.74 Å². The van der Waals surface area contributed by atoms with Crippen molar-refractivity contribution in [1.29, 1.82) is 0 Å². The molecule has 0 spiro atoms. The van der Waals surface area contributed by atoms with Gasteiger partial charge in [0.05, 0.1) is 7.11 Å². The van der Waals surface area contributed by atoms with Gasteiger partial charge in [0.1, 0.15) is 11.5 Å². The molecule has 0 aliphatic carbocycles. The number of hydrogen-bond donors (Lipinski definition) is 0. The van der Waals surface area contributed by atoms with E-state index in [9.17, 15) is 13.2 Å². The number of halogens is 3. The third-order valence-corrected chi connectivity index (χ3v) is 2.74. The SMILES string of the molecule is COc1ccc(CN(C)C)c(OC(F)(F)F)c1C(C)C. The Morgan fingerprint density at radius 1 is 1.20 bits per heavy atom. The van der Waals surface area contributed by atoms with Crippen molar-refractivity contribution < 1.29 is 22.6 Å². The molecule has 0 aliphatic rings. The molecule has 6 heteroatoms. The molecule has 0 aromatic heterocycles. The smallest absolute Gasteiger partial charge is 0.496 e. The second-order valence-corrected chi connectivity index (χ2v) is 5.11. The molecular weight excluding hydrogens is 271 g/mol. The topological polar surface area (TPSA) is 21.7 Å². The van der Waals surface area contributed by atoms with Crippen molar-refractivity contribution in [3.63, 3.8) is 0 Å². The van der Waals surface area contributed by atoms with Crippen molar-refractivity contribution in [2.24, 2.45) is 0 Å². The zero-order chi connectivity index (χ0) is 15.5. The lowest BCUT2D eigenvalue weighted by molar-refractivity contribution is -0.275. The van der Waals surface area contributed by atoms with Crippen LogP contribution in [-0.4, -0.2) is 32.5 Å². The highest BCUT2D eigenvalue weighted by molar-refractivity contribution is 5.52. The quantitative estimate of drug-likeness (QED) is 0.824. The predicted octanol–water partition coefficient (Wildman–Crippen LogP) is 3.78. The molecule has 0 N–H and O–H groups in total. The van der Waals surface area contributed by atoms with Crippen LogP contribution in [0.2, 0.25) is 0 Å². The zero-order valence-corrected chi connectivity index (χ0v) is 12.3. The Bertz CT molecular complexity index is 456. The molecule has 114 valence electrons. The Labute approximate surface area is 117 Å². The molecule has 0 bridgehead atoms. The van der Waals surface area contributed by atoms with Crippen molar-refractivity contribution >= 4 is 0 Å². The lowest BCUT2D eigenvalue weighted by Gasteiger charge is -2.22. The van der Waals surface area contributed by atoms with E-state index in [1.807, 2.05) is 0 Å². The molecule has 1 aromatic carbocycles. The lowest BCUT2D eigenvalue weighted by atomic mass is 9.97. The summed E-state index contributed by atoms with van der Waals surface area (Å²) >= 11 is 0. The van der Waals surface area contributed by atoms with Gasteiger partial charge in [0.25, 0.3) is 0 Å². The van der Waals surface area contributed by atoms with E-state index in [4.69, 9.17) is 4.74 Å². The summed E-state index contributed by atoms with van der Waals surface area (Å²) in [6.45, 7) is 3.97. The Morgan fingerprint density at radius 3 is 2.20 bits per heavy atom. The second-order valence-electron chi connectivity index (χ2n) is 5.11. The first-order valence-electron chi connectivity index (χ1n) is 6.26. The van der Waals surface area contributed by atoms with Gasteiger partial charge in [0, 0.05) is 17.7 Å². The molecule has 1 aromatic rings. The molecule has 0 heterocycles. The van der Waals surface area contributed by atoms with Crippen LogP contribution in [0.1, 0.15) is 30.9 Å². The molecule has 0 saturated carbocycles. The Balaban J connectivity index is 3.42. The molecule has 3 nitrogen and oxygen atoms in total. The van der Waals surface area contributed by atoms with Crippen molar-refractivity contribution in [2.75, 3.05) is 21.2 Å². The van der Waals surface area contributed by atoms with E-state index < -0.39 is 6.36 Å². The normalized spacial score (nSPS) is 12.1. The van der Waals surface area contributed by atoms with Crippen molar-refractivity contribution in [2.45, 2.75) is 32.7 Å². The van der Waals surface area contributed by atoms with Crippen molar-refractivity contribution in [3.05, 3.63) is 23.3 Å². The minimum absolute atomic E-state index is 0.149. The number of methoxy groups -OCH3 is 1. The van der Waals surface area contributed by atoms with Crippen LogP contribution in [0, 0.1) is 0 Å². The molecule has 0 atom stereocenters. The molecular formula is C14H20F3NO2. The van der Waals surface area contributed by atoms with Gasteiger partial charge < -0.3 is 14.4 Å². The van der Waals surface area contributed by atoms with Crippen LogP contribution < -0.4 is 9.47 Å². The average molecular weight is 291 g/mol. The van der Waals surface area contributed by atoms with E-state index in [0.29, 0.717) is 23.4 Å². The molecule has 0 unspecified atom stereocenters. The molecule has 1 rings (SSSR count). The maximum absolute atomic E-state index is 12.7. The summed E-state index contributed by atoms with van der Waals surface area (Å²) in [5.41, 5.74) is 0.918. The maximum Gasteiger partial charge on any atom is 0.573 e. The van der Waals surface area contributed by atoms with Crippen LogP contribution in [0.25, 0.3) is 0 Å². The van der Waals surface area contributed by atoms with Crippen LogP contribution in [0.3, 0.4) is 0 Å². The number of ether oxygens (including phenoxy) is 2. The van der Waals surface area contributed by atoms with Gasteiger partial charge in [-0.15, -0.1) is 13.2 Å². The van der Waals surface area contributed by atoms with Gasteiger partial charge in [-0.05, 0) is 26.1 Å². The molecule has 0 amide bonds. The summed E-state index contributed by atoms with van der Waals surface area (Å²) in [5, 5.41) is 0. The largest absolute Gasteiger partial charge is 0.573 e. The van der Waals surface area contributed by atoms with Gasteiger partial charge >= 0.3 is 6.36 Å². The van der Waals surface area contributed by atoms with Gasteiger partial charge in [-0.2, -0.15) is 0 Å². The zero-order valence-electron chi connectivity index (χ0n) is 12.3. The van der Waals surface area contributed by atoms with E-state index in [0.717, 1.165) is 0 Å². The van der Waals surface area contributed by atoms with Crippen molar-refractivity contribution in [3.8, 4) is 11.5 Å². The highest BCUT2D eigenvalue weighted by Gasteiger charge is 2.34. The fourth-order valence-electron chi connectivity index (χ4n) is 2.05. The molecule has 0 radical (unpaired) electrons. The monoisotopic (exact) mass is 291 g/mol. The number of nitrogens with zero attached hydrogens (tertiary/aromatic N) is 1. The van der Waals surface area contributed by atoms with Crippen LogP contribution in [0.5, 0.6) is 11.5 Å². The highest BCUT2D eigenvalue weighted by atomic mass is 19.4. The van der Waals surface area contributed by atoms with Crippen LogP contribution in [0.15, 0.2) is 12.1 Å². The summed E-state index contributed by atoms with van der Waals surface area (Å²) < 4.78 is 47.4. The Hall–Kier alpha value is -1.43. The third kappa shape index (κ3) is 4.30. The lowest BCUT2D eigenvalue weighted by Crippen LogP contribution is -2.21. The second kappa shape index (κ2) is 6.35. The number of benzene rings is 1. The van der Waals surface area contributed by atoms with Crippen LogP contribution >= 0.6 is 0 Å². The summed E-state index contributed by atoms with van der Waals surface area (Å²) in [4.78, 5) is 1.79. The fraction of sp³-hybridized carbons (Fsp3) is 0.571. The summed E-state index contributed by atoms with van der Waals surface area (Å²) in [6, 6.07) is 3.28. The summed E-state index contributed by atoms with van der Waals surface area (Å²) in [7, 11) is 5.01. The fourth-order valence-corrected chi connectivity index (χ4v) is 2.05. The van der Waals surface area contributed by atoms with Gasteiger partial charge in [-0.25, -0.2) is 0 Å². The van der Waals surface area contributed by atoms with Crippen molar-refractivity contribution in [1.82, 2.24) is 4.90 Å². The summed E-state index contributed by atoms with van der Waals surface area (Å²) in [5.74, 6) is 0.103. The van der Waals surface area contributed by atoms with Gasteiger partial charge in [0.2, 0.25) is 0 Å². The molecule has 20 heavy (non-hydrogen) atoms. The first-order valence-corrected chi connectivity index (χ1v) is 6.26. The average Bonchev–Trinajstić information content (AvgIpc) is 2.27. The standard InChI is InChI=1S/C14H20F3NO2/c1-9(2)12-11(19-5)7-6-10(8-18(3)4)13(12)20-14(15,16)17/h6-7,9H,8H2,1-5H3. The minimum Gasteiger partial charge on any atom is -0.496 e. The van der Waals surface area contributed by atoms with Gasteiger partial charge in [0.15, 0.2) is 0 Å². The number of hydrogen-bond acceptors (Lipinski definition) is 3. The summed E-state index contributed by atoms with van der Waals surface area (Å²) in [6.07, 6.45) is -4.73. The van der Waals surface area contributed by atoms with E-state index >= 15 is 0 Å². The maximum atomic E-state index is 12.7. The molecule has 0 aliphatic heterocycles. The van der Waals surface area contributed by atoms with Gasteiger partial charge in [-0.3, -0.25) is 0 Å². The molecule has 0 fully saturated rings. The third-order valence-electron chi connectivity index (χ3n) is 2.74. The molecule has 0 saturated heterocycles.